The molecule has 0 aliphatic heterocycles. The molecule has 0 aliphatic rings. The van der Waals surface area contributed by atoms with Gasteiger partial charge in [-0.25, -0.2) is 13.2 Å². The van der Waals surface area contributed by atoms with E-state index in [9.17, 15) is 18.3 Å². The molecule has 1 aromatic rings. The van der Waals surface area contributed by atoms with E-state index in [1.807, 2.05) is 0 Å². The van der Waals surface area contributed by atoms with Crippen LogP contribution in [0.1, 0.15) is 25.5 Å². The Balaban J connectivity index is 3.05. The van der Waals surface area contributed by atoms with Gasteiger partial charge in [0, 0.05) is 0 Å². The molecule has 0 aliphatic carbocycles. The van der Waals surface area contributed by atoms with Gasteiger partial charge in [-0.2, -0.15) is 0 Å². The molecule has 2 nitrogen and oxygen atoms in total. The van der Waals surface area contributed by atoms with Crippen LogP contribution in [0.2, 0.25) is 0 Å². The minimum Gasteiger partial charge on any atom is -0.391 e. The van der Waals surface area contributed by atoms with Gasteiger partial charge in [0.25, 0.3) is 0 Å². The highest BCUT2D eigenvalue weighted by atomic mass is 19.2. The van der Waals surface area contributed by atoms with Gasteiger partial charge in [-0.15, -0.1) is 0 Å². The van der Waals surface area contributed by atoms with E-state index in [1.165, 1.54) is 0 Å². The summed E-state index contributed by atoms with van der Waals surface area (Å²) in [6.45, 7) is 3.45. The number of hydrogen-bond acceptors (Lipinski definition) is 2. The van der Waals surface area contributed by atoms with Crippen LogP contribution in [0, 0.1) is 23.4 Å². The van der Waals surface area contributed by atoms with Crippen molar-refractivity contribution in [1.82, 2.24) is 0 Å². The summed E-state index contributed by atoms with van der Waals surface area (Å²) in [6.07, 6.45) is -0.940. The molecule has 0 heterocycles. The number of aliphatic hydroxyl groups excluding tert-OH is 1. The van der Waals surface area contributed by atoms with Crippen LogP contribution in [0.25, 0.3) is 0 Å². The van der Waals surface area contributed by atoms with Crippen molar-refractivity contribution in [2.24, 2.45) is 11.7 Å². The van der Waals surface area contributed by atoms with E-state index in [0.29, 0.717) is 0 Å². The maximum absolute atomic E-state index is 12.9. The molecule has 1 aromatic carbocycles. The predicted molar refractivity (Wildman–Crippen MR) is 54.1 cm³/mol. The van der Waals surface area contributed by atoms with Crippen LogP contribution >= 0.6 is 0 Å². The van der Waals surface area contributed by atoms with Crippen molar-refractivity contribution in [3.63, 3.8) is 0 Å². The lowest BCUT2D eigenvalue weighted by Crippen LogP contribution is -2.30. The van der Waals surface area contributed by atoms with Crippen molar-refractivity contribution in [3.05, 3.63) is 35.1 Å². The summed E-state index contributed by atoms with van der Waals surface area (Å²) in [7, 11) is 0. The Bertz CT molecular complexity index is 358. The SMILES string of the molecule is CC(C)[C@H](O)[C@H](N)c1cc(F)c(F)c(F)c1. The van der Waals surface area contributed by atoms with Gasteiger partial charge in [-0.05, 0) is 23.6 Å². The van der Waals surface area contributed by atoms with Gasteiger partial charge in [0.15, 0.2) is 17.5 Å². The lowest BCUT2D eigenvalue weighted by Gasteiger charge is -2.22. The zero-order valence-electron chi connectivity index (χ0n) is 9.05. The van der Waals surface area contributed by atoms with Crippen LogP contribution in [-0.2, 0) is 0 Å². The maximum atomic E-state index is 12.9. The molecule has 0 spiro atoms. The molecular weight excluding hydrogens is 219 g/mol. The molecule has 1 rings (SSSR count). The summed E-state index contributed by atoms with van der Waals surface area (Å²) in [6, 6.07) is 0.660. The monoisotopic (exact) mass is 233 g/mol. The van der Waals surface area contributed by atoms with Gasteiger partial charge < -0.3 is 10.8 Å². The first kappa shape index (κ1) is 13.0. The first-order valence-electron chi connectivity index (χ1n) is 4.92. The van der Waals surface area contributed by atoms with Gasteiger partial charge in [0.2, 0.25) is 0 Å². The number of nitrogens with two attached hydrogens (primary N) is 1. The van der Waals surface area contributed by atoms with Crippen LogP contribution in [0.5, 0.6) is 0 Å². The summed E-state index contributed by atoms with van der Waals surface area (Å²) in [5, 5.41) is 9.64. The zero-order chi connectivity index (χ0) is 12.5. The van der Waals surface area contributed by atoms with Crippen molar-refractivity contribution in [1.29, 1.82) is 0 Å². The van der Waals surface area contributed by atoms with E-state index >= 15 is 0 Å². The second-order valence-corrected chi connectivity index (χ2v) is 4.06. The fraction of sp³-hybridized carbons (Fsp3) is 0.455. The van der Waals surface area contributed by atoms with E-state index in [0.717, 1.165) is 12.1 Å². The molecule has 0 aromatic heterocycles. The Morgan fingerprint density at radius 1 is 1.12 bits per heavy atom. The van der Waals surface area contributed by atoms with E-state index in [-0.39, 0.29) is 11.5 Å². The normalized spacial score (nSPS) is 15.2. The number of aliphatic hydroxyl groups is 1. The Kier molecular flexibility index (Phi) is 3.93. The number of rotatable bonds is 3. The second-order valence-electron chi connectivity index (χ2n) is 4.06. The van der Waals surface area contributed by atoms with Gasteiger partial charge in [-0.1, -0.05) is 13.8 Å². The van der Waals surface area contributed by atoms with Crippen LogP contribution in [0.3, 0.4) is 0 Å². The zero-order valence-corrected chi connectivity index (χ0v) is 9.05. The van der Waals surface area contributed by atoms with E-state index < -0.39 is 29.6 Å². The first-order valence-corrected chi connectivity index (χ1v) is 4.92. The highest BCUT2D eigenvalue weighted by molar-refractivity contribution is 5.23. The van der Waals surface area contributed by atoms with Gasteiger partial charge in [0.1, 0.15) is 0 Å². The van der Waals surface area contributed by atoms with Crippen molar-refractivity contribution in [3.8, 4) is 0 Å². The molecule has 3 N–H and O–H groups in total. The summed E-state index contributed by atoms with van der Waals surface area (Å²) < 4.78 is 38.5. The largest absolute Gasteiger partial charge is 0.391 e. The Labute approximate surface area is 91.9 Å². The van der Waals surface area contributed by atoms with Crippen LogP contribution in [0.4, 0.5) is 13.2 Å². The first-order chi connectivity index (χ1) is 7.34. The van der Waals surface area contributed by atoms with Crippen LogP contribution in [-0.4, -0.2) is 11.2 Å². The van der Waals surface area contributed by atoms with Crippen LogP contribution in [0.15, 0.2) is 12.1 Å². The summed E-state index contributed by atoms with van der Waals surface area (Å²) in [5.74, 6) is -4.30. The number of hydrogen-bond donors (Lipinski definition) is 2. The van der Waals surface area contributed by atoms with E-state index in [2.05, 4.69) is 0 Å². The van der Waals surface area contributed by atoms with E-state index in [1.54, 1.807) is 13.8 Å². The average Bonchev–Trinajstić information content (AvgIpc) is 2.22. The van der Waals surface area contributed by atoms with Crippen LogP contribution < -0.4 is 5.73 Å². The molecular formula is C11H14F3NO. The molecule has 5 heteroatoms. The molecule has 2 atom stereocenters. The van der Waals surface area contributed by atoms with Crippen molar-refractivity contribution in [2.45, 2.75) is 26.0 Å². The molecule has 0 saturated heterocycles. The predicted octanol–water partition coefficient (Wildman–Crippen LogP) is 2.12. The standard InChI is InChI=1S/C11H14F3NO/c1-5(2)11(16)10(15)6-3-7(12)9(14)8(13)4-6/h3-5,10-11,16H,15H2,1-2H3/t10-,11+/m1/s1. The Morgan fingerprint density at radius 2 is 1.56 bits per heavy atom. The highest BCUT2D eigenvalue weighted by Gasteiger charge is 2.22. The summed E-state index contributed by atoms with van der Waals surface area (Å²) in [5.41, 5.74) is 5.66. The summed E-state index contributed by atoms with van der Waals surface area (Å²) in [4.78, 5) is 0. The topological polar surface area (TPSA) is 46.2 Å². The average molecular weight is 233 g/mol. The second kappa shape index (κ2) is 4.84. The van der Waals surface area contributed by atoms with Crippen molar-refractivity contribution in [2.75, 3.05) is 0 Å². The molecule has 0 amide bonds. The molecule has 16 heavy (non-hydrogen) atoms. The van der Waals surface area contributed by atoms with Crippen molar-refractivity contribution < 1.29 is 18.3 Å². The van der Waals surface area contributed by atoms with Gasteiger partial charge >= 0.3 is 0 Å². The minimum absolute atomic E-state index is 0.0394. The molecule has 0 radical (unpaired) electrons. The van der Waals surface area contributed by atoms with Gasteiger partial charge in [-0.3, -0.25) is 0 Å². The quantitative estimate of drug-likeness (QED) is 0.785. The molecule has 90 valence electrons. The lowest BCUT2D eigenvalue weighted by molar-refractivity contribution is 0.0976. The maximum Gasteiger partial charge on any atom is 0.194 e. The fourth-order valence-electron chi connectivity index (χ4n) is 1.38. The molecule has 0 saturated carbocycles. The Morgan fingerprint density at radius 3 is 1.94 bits per heavy atom. The van der Waals surface area contributed by atoms with E-state index in [4.69, 9.17) is 5.73 Å². The third kappa shape index (κ3) is 2.54. The van der Waals surface area contributed by atoms with Gasteiger partial charge in [0.05, 0.1) is 12.1 Å². The minimum atomic E-state index is -1.53. The number of halogens is 3. The number of benzene rings is 1. The molecule has 0 bridgehead atoms. The summed E-state index contributed by atoms with van der Waals surface area (Å²) >= 11 is 0. The highest BCUT2D eigenvalue weighted by Crippen LogP contribution is 2.23. The molecule has 0 fully saturated rings. The lowest BCUT2D eigenvalue weighted by atomic mass is 9.94. The third-order valence-corrected chi connectivity index (χ3v) is 2.44. The Hall–Kier alpha value is -1.07. The fourth-order valence-corrected chi connectivity index (χ4v) is 1.38. The smallest absolute Gasteiger partial charge is 0.194 e. The van der Waals surface area contributed by atoms with Crippen molar-refractivity contribution >= 4 is 0 Å². The third-order valence-electron chi connectivity index (χ3n) is 2.44. The molecule has 0 unspecified atom stereocenters.